The minimum Gasteiger partial charge on any atom is -0.357 e. The summed E-state index contributed by atoms with van der Waals surface area (Å²) in [5.41, 5.74) is 0. The fraction of sp³-hybridized carbons (Fsp3) is 0.545. The third-order valence-corrected chi connectivity index (χ3v) is 3.84. The van der Waals surface area contributed by atoms with Gasteiger partial charge in [0.05, 0.1) is 5.92 Å². The maximum Gasteiger partial charge on any atom is 0.391 e. The van der Waals surface area contributed by atoms with Gasteiger partial charge >= 0.3 is 6.18 Å². The van der Waals surface area contributed by atoms with Crippen molar-refractivity contribution < 1.29 is 13.2 Å². The Hall–Kier alpha value is -0.240. The van der Waals surface area contributed by atoms with Gasteiger partial charge in [0, 0.05) is 16.7 Å². The molecule has 0 unspecified atom stereocenters. The van der Waals surface area contributed by atoms with E-state index in [2.05, 4.69) is 27.6 Å². The van der Waals surface area contributed by atoms with Crippen molar-refractivity contribution in [1.29, 1.82) is 0 Å². The van der Waals surface area contributed by atoms with Crippen molar-refractivity contribution in [2.24, 2.45) is 5.92 Å². The quantitative estimate of drug-likeness (QED) is 0.530. The average Bonchev–Trinajstić information content (AvgIpc) is 2.27. The van der Waals surface area contributed by atoms with E-state index in [0.717, 1.165) is 3.57 Å². The van der Waals surface area contributed by atoms with Gasteiger partial charge in [0.2, 0.25) is 0 Å². The van der Waals surface area contributed by atoms with Gasteiger partial charge in [0.25, 0.3) is 0 Å². The molecule has 1 aliphatic rings. The SMILES string of the molecule is FC(F)(F)C1CCN(c2cc(I)cc(Cl)n2)CC1. The topological polar surface area (TPSA) is 16.1 Å². The summed E-state index contributed by atoms with van der Waals surface area (Å²) in [5.74, 6) is -0.528. The molecule has 0 saturated carbocycles. The number of hydrogen-bond acceptors (Lipinski definition) is 2. The Morgan fingerprint density at radius 3 is 2.39 bits per heavy atom. The average molecular weight is 391 g/mol. The highest BCUT2D eigenvalue weighted by Gasteiger charge is 2.41. The molecule has 100 valence electrons. The molecule has 2 nitrogen and oxygen atoms in total. The molecule has 1 aromatic rings. The third-order valence-electron chi connectivity index (χ3n) is 3.03. The van der Waals surface area contributed by atoms with E-state index in [1.165, 1.54) is 0 Å². The van der Waals surface area contributed by atoms with Crippen molar-refractivity contribution in [2.45, 2.75) is 19.0 Å². The maximum absolute atomic E-state index is 12.5. The van der Waals surface area contributed by atoms with Crippen LogP contribution in [0.2, 0.25) is 5.15 Å². The Morgan fingerprint density at radius 1 is 1.28 bits per heavy atom. The normalized spacial score (nSPS) is 18.2. The Kier molecular flexibility index (Phi) is 4.25. The third kappa shape index (κ3) is 3.40. The number of piperidine rings is 1. The van der Waals surface area contributed by atoms with Crippen molar-refractivity contribution in [3.05, 3.63) is 20.9 Å². The molecular formula is C11H11ClF3IN2. The molecule has 0 atom stereocenters. The zero-order valence-electron chi connectivity index (χ0n) is 9.34. The molecule has 0 radical (unpaired) electrons. The fourth-order valence-electron chi connectivity index (χ4n) is 2.05. The first-order valence-electron chi connectivity index (χ1n) is 5.51. The van der Waals surface area contributed by atoms with Gasteiger partial charge in [-0.1, -0.05) is 11.6 Å². The van der Waals surface area contributed by atoms with E-state index in [1.54, 1.807) is 6.07 Å². The fourth-order valence-corrected chi connectivity index (χ4v) is 3.01. The zero-order valence-corrected chi connectivity index (χ0v) is 12.3. The molecule has 2 rings (SSSR count). The van der Waals surface area contributed by atoms with Gasteiger partial charge in [0.1, 0.15) is 11.0 Å². The van der Waals surface area contributed by atoms with Crippen LogP contribution >= 0.6 is 34.2 Å². The van der Waals surface area contributed by atoms with Gasteiger partial charge < -0.3 is 4.90 Å². The highest BCUT2D eigenvalue weighted by Crippen LogP contribution is 2.35. The van der Waals surface area contributed by atoms with Crippen LogP contribution in [0.1, 0.15) is 12.8 Å². The standard InChI is InChI=1S/C11H11ClF3IN2/c12-9-5-8(16)6-10(17-9)18-3-1-7(2-4-18)11(13,14)15/h5-7H,1-4H2. The zero-order chi connectivity index (χ0) is 13.3. The lowest BCUT2D eigenvalue weighted by molar-refractivity contribution is -0.179. The first kappa shape index (κ1) is 14.2. The molecule has 7 heteroatoms. The van der Waals surface area contributed by atoms with Crippen LogP contribution in [0.25, 0.3) is 0 Å². The summed E-state index contributed by atoms with van der Waals surface area (Å²) in [4.78, 5) is 6.01. The van der Waals surface area contributed by atoms with Crippen LogP contribution < -0.4 is 4.90 Å². The first-order chi connectivity index (χ1) is 8.36. The number of aromatic nitrogens is 1. The number of hydrogen-bond donors (Lipinski definition) is 0. The summed E-state index contributed by atoms with van der Waals surface area (Å²) in [6.45, 7) is 0.737. The molecular weight excluding hydrogens is 379 g/mol. The van der Waals surface area contributed by atoms with E-state index < -0.39 is 12.1 Å². The van der Waals surface area contributed by atoms with Crippen molar-refractivity contribution in [2.75, 3.05) is 18.0 Å². The highest BCUT2D eigenvalue weighted by molar-refractivity contribution is 14.1. The molecule has 0 aliphatic carbocycles. The van der Waals surface area contributed by atoms with Crippen LogP contribution in [0.3, 0.4) is 0 Å². The van der Waals surface area contributed by atoms with E-state index in [-0.39, 0.29) is 12.8 Å². The van der Waals surface area contributed by atoms with Crippen LogP contribution in [0.5, 0.6) is 0 Å². The lowest BCUT2D eigenvalue weighted by Crippen LogP contribution is -2.39. The molecule has 1 aromatic heterocycles. The van der Waals surface area contributed by atoms with E-state index in [4.69, 9.17) is 11.6 Å². The number of nitrogens with zero attached hydrogens (tertiary/aromatic N) is 2. The van der Waals surface area contributed by atoms with Crippen LogP contribution in [0.15, 0.2) is 12.1 Å². The van der Waals surface area contributed by atoms with Crippen molar-refractivity contribution >= 4 is 40.0 Å². The van der Waals surface area contributed by atoms with Gasteiger partial charge in [-0.15, -0.1) is 0 Å². The van der Waals surface area contributed by atoms with Crippen molar-refractivity contribution in [3.8, 4) is 0 Å². The summed E-state index contributed by atoms with van der Waals surface area (Å²) in [6.07, 6.45) is -3.84. The Bertz CT molecular complexity index is 411. The first-order valence-corrected chi connectivity index (χ1v) is 6.96. The summed E-state index contributed by atoms with van der Waals surface area (Å²) in [6, 6.07) is 3.55. The molecule has 2 heterocycles. The molecule has 0 aromatic carbocycles. The maximum atomic E-state index is 12.5. The van der Waals surface area contributed by atoms with Crippen LogP contribution in [0, 0.1) is 9.49 Å². The predicted octanol–water partition coefficient (Wildman–Crippen LogP) is 4.12. The smallest absolute Gasteiger partial charge is 0.357 e. The summed E-state index contributed by atoms with van der Waals surface area (Å²) in [7, 11) is 0. The second kappa shape index (κ2) is 5.40. The molecule has 0 bridgehead atoms. The van der Waals surface area contributed by atoms with Crippen molar-refractivity contribution in [3.63, 3.8) is 0 Å². The van der Waals surface area contributed by atoms with Gasteiger partial charge in [-0.05, 0) is 47.6 Å². The van der Waals surface area contributed by atoms with E-state index in [1.807, 2.05) is 11.0 Å². The van der Waals surface area contributed by atoms with E-state index in [0.29, 0.717) is 24.1 Å². The van der Waals surface area contributed by atoms with E-state index >= 15 is 0 Å². The van der Waals surface area contributed by atoms with Crippen LogP contribution in [-0.4, -0.2) is 24.2 Å². The number of anilines is 1. The predicted molar refractivity (Wildman–Crippen MR) is 73.0 cm³/mol. The van der Waals surface area contributed by atoms with Gasteiger partial charge in [-0.25, -0.2) is 4.98 Å². The molecule has 0 spiro atoms. The summed E-state index contributed by atoms with van der Waals surface area (Å²) in [5, 5.41) is 0.370. The summed E-state index contributed by atoms with van der Waals surface area (Å²) >= 11 is 7.96. The largest absolute Gasteiger partial charge is 0.391 e. The number of rotatable bonds is 1. The Balaban J connectivity index is 2.05. The van der Waals surface area contributed by atoms with Gasteiger partial charge in [0.15, 0.2) is 0 Å². The lowest BCUT2D eigenvalue weighted by atomic mass is 9.96. The molecule has 1 saturated heterocycles. The molecule has 1 aliphatic heterocycles. The molecule has 18 heavy (non-hydrogen) atoms. The lowest BCUT2D eigenvalue weighted by Gasteiger charge is -2.33. The van der Waals surface area contributed by atoms with Gasteiger partial charge in [-0.3, -0.25) is 0 Å². The monoisotopic (exact) mass is 390 g/mol. The summed E-state index contributed by atoms with van der Waals surface area (Å²) < 4.78 is 38.6. The second-order valence-corrected chi connectivity index (χ2v) is 5.90. The highest BCUT2D eigenvalue weighted by atomic mass is 127. The van der Waals surface area contributed by atoms with Crippen molar-refractivity contribution in [1.82, 2.24) is 4.98 Å². The van der Waals surface area contributed by atoms with Crippen LogP contribution in [0.4, 0.5) is 19.0 Å². The molecule has 0 N–H and O–H groups in total. The van der Waals surface area contributed by atoms with Crippen LogP contribution in [-0.2, 0) is 0 Å². The minimum atomic E-state index is -4.08. The molecule has 1 fully saturated rings. The Morgan fingerprint density at radius 2 is 1.89 bits per heavy atom. The van der Waals surface area contributed by atoms with Gasteiger partial charge in [-0.2, -0.15) is 13.2 Å². The number of alkyl halides is 3. The van der Waals surface area contributed by atoms with E-state index in [9.17, 15) is 13.2 Å². The molecule has 0 amide bonds. The Labute approximate surface area is 122 Å². The number of pyridine rings is 1. The minimum absolute atomic E-state index is 0.119. The second-order valence-electron chi connectivity index (χ2n) is 4.27. The number of halogens is 5.